The van der Waals surface area contributed by atoms with Crippen LogP contribution in [0.2, 0.25) is 0 Å². The monoisotopic (exact) mass is 340 g/mol. The molecular weight excluding hydrogens is 324 g/mol. The lowest BCUT2D eigenvalue weighted by molar-refractivity contribution is -0.115. The SMILES string of the molecule is N#Cc1c(NC(=O)Cc2ccc3c(c2)OCO3)sc2c1CCCC2. The Morgan fingerprint density at radius 2 is 2.08 bits per heavy atom. The lowest BCUT2D eigenvalue weighted by Gasteiger charge is -2.09. The number of nitrogens with zero attached hydrogens (tertiary/aromatic N) is 1. The van der Waals surface area contributed by atoms with Crippen LogP contribution in [-0.2, 0) is 24.1 Å². The molecule has 2 heterocycles. The van der Waals surface area contributed by atoms with Gasteiger partial charge in [0.1, 0.15) is 11.1 Å². The number of aryl methyl sites for hydroxylation is 1. The largest absolute Gasteiger partial charge is 0.454 e. The van der Waals surface area contributed by atoms with Gasteiger partial charge >= 0.3 is 0 Å². The Morgan fingerprint density at radius 1 is 1.25 bits per heavy atom. The first kappa shape index (κ1) is 15.0. The third-order valence-corrected chi connectivity index (χ3v) is 5.54. The van der Waals surface area contributed by atoms with Gasteiger partial charge < -0.3 is 14.8 Å². The second-order valence-electron chi connectivity index (χ2n) is 5.94. The van der Waals surface area contributed by atoms with E-state index < -0.39 is 0 Å². The van der Waals surface area contributed by atoms with Crippen molar-refractivity contribution >= 4 is 22.2 Å². The maximum absolute atomic E-state index is 12.4. The molecule has 1 amide bonds. The average molecular weight is 340 g/mol. The predicted molar refractivity (Wildman–Crippen MR) is 90.6 cm³/mol. The van der Waals surface area contributed by atoms with Gasteiger partial charge in [-0.1, -0.05) is 6.07 Å². The molecule has 0 spiro atoms. The Hall–Kier alpha value is -2.52. The molecule has 0 unspecified atom stereocenters. The van der Waals surface area contributed by atoms with Crippen LogP contribution in [0.5, 0.6) is 11.5 Å². The summed E-state index contributed by atoms with van der Waals surface area (Å²) < 4.78 is 10.6. The zero-order chi connectivity index (χ0) is 16.5. The quantitative estimate of drug-likeness (QED) is 0.929. The highest BCUT2D eigenvalue weighted by atomic mass is 32.1. The number of hydrogen-bond acceptors (Lipinski definition) is 5. The van der Waals surface area contributed by atoms with E-state index in [4.69, 9.17) is 9.47 Å². The standard InChI is InChI=1S/C18H16N2O3S/c19-9-13-12-3-1-2-4-16(12)24-18(13)20-17(21)8-11-5-6-14-15(7-11)23-10-22-14/h5-7H,1-4,8,10H2,(H,20,21). The van der Waals surface area contributed by atoms with Gasteiger partial charge in [0.2, 0.25) is 12.7 Å². The van der Waals surface area contributed by atoms with Crippen LogP contribution in [0.15, 0.2) is 18.2 Å². The molecule has 0 atom stereocenters. The third-order valence-electron chi connectivity index (χ3n) is 4.34. The third kappa shape index (κ3) is 2.72. The Labute approximate surface area is 143 Å². The minimum atomic E-state index is -0.121. The van der Waals surface area contributed by atoms with Crippen molar-refractivity contribution < 1.29 is 14.3 Å². The molecule has 1 aliphatic heterocycles. The predicted octanol–water partition coefficient (Wildman–Crippen LogP) is 3.41. The first-order valence-corrected chi connectivity index (χ1v) is 8.79. The van der Waals surface area contributed by atoms with Crippen molar-refractivity contribution in [1.82, 2.24) is 0 Å². The highest BCUT2D eigenvalue weighted by Gasteiger charge is 2.22. The number of fused-ring (bicyclic) bond motifs is 2. The van der Waals surface area contributed by atoms with Gasteiger partial charge in [-0.25, -0.2) is 0 Å². The van der Waals surface area contributed by atoms with E-state index in [2.05, 4.69) is 11.4 Å². The molecule has 2 aliphatic rings. The van der Waals surface area contributed by atoms with Crippen LogP contribution >= 0.6 is 11.3 Å². The second kappa shape index (κ2) is 6.17. The van der Waals surface area contributed by atoms with Gasteiger partial charge in [0.15, 0.2) is 11.5 Å². The maximum atomic E-state index is 12.4. The van der Waals surface area contributed by atoms with Gasteiger partial charge in [0.25, 0.3) is 0 Å². The van der Waals surface area contributed by atoms with E-state index in [1.165, 1.54) is 4.88 Å². The number of carbonyl (C=O) groups excluding carboxylic acids is 1. The number of hydrogen-bond donors (Lipinski definition) is 1. The lowest BCUT2D eigenvalue weighted by atomic mass is 9.96. The van der Waals surface area contributed by atoms with Crippen molar-refractivity contribution in [3.05, 3.63) is 39.8 Å². The Morgan fingerprint density at radius 3 is 2.96 bits per heavy atom. The van der Waals surface area contributed by atoms with Crippen LogP contribution in [0, 0.1) is 11.3 Å². The highest BCUT2D eigenvalue weighted by Crippen LogP contribution is 2.38. The molecule has 24 heavy (non-hydrogen) atoms. The van der Waals surface area contributed by atoms with Crippen LogP contribution in [0.3, 0.4) is 0 Å². The molecule has 1 aliphatic carbocycles. The van der Waals surface area contributed by atoms with E-state index in [0.717, 1.165) is 36.8 Å². The summed E-state index contributed by atoms with van der Waals surface area (Å²) in [7, 11) is 0. The van der Waals surface area contributed by atoms with Crippen molar-refractivity contribution in [3.8, 4) is 17.6 Å². The summed E-state index contributed by atoms with van der Waals surface area (Å²) in [4.78, 5) is 13.6. The molecule has 6 heteroatoms. The van der Waals surface area contributed by atoms with Gasteiger partial charge in [0.05, 0.1) is 12.0 Å². The van der Waals surface area contributed by atoms with Gasteiger partial charge in [-0.3, -0.25) is 4.79 Å². The summed E-state index contributed by atoms with van der Waals surface area (Å²) in [5.41, 5.74) is 2.64. The molecule has 0 bridgehead atoms. The summed E-state index contributed by atoms with van der Waals surface area (Å²) in [6, 6.07) is 7.77. The van der Waals surface area contributed by atoms with Crippen molar-refractivity contribution in [3.63, 3.8) is 0 Å². The zero-order valence-electron chi connectivity index (χ0n) is 13.1. The van der Waals surface area contributed by atoms with Crippen LogP contribution in [0.25, 0.3) is 0 Å². The molecule has 122 valence electrons. The van der Waals surface area contributed by atoms with Crippen LogP contribution in [0.1, 0.15) is 34.4 Å². The first-order valence-electron chi connectivity index (χ1n) is 7.97. The van der Waals surface area contributed by atoms with E-state index in [-0.39, 0.29) is 19.1 Å². The minimum Gasteiger partial charge on any atom is -0.454 e. The van der Waals surface area contributed by atoms with E-state index in [9.17, 15) is 10.1 Å². The number of rotatable bonds is 3. The number of thiophene rings is 1. The number of nitrogens with one attached hydrogen (secondary N) is 1. The van der Waals surface area contributed by atoms with E-state index in [0.29, 0.717) is 22.1 Å². The number of carbonyl (C=O) groups is 1. The van der Waals surface area contributed by atoms with Crippen molar-refractivity contribution in [2.24, 2.45) is 0 Å². The van der Waals surface area contributed by atoms with E-state index in [1.807, 2.05) is 18.2 Å². The number of ether oxygens (including phenoxy) is 2. The van der Waals surface area contributed by atoms with Gasteiger partial charge in [0, 0.05) is 4.88 Å². The molecule has 0 fully saturated rings. The summed E-state index contributed by atoms with van der Waals surface area (Å²) >= 11 is 1.55. The Bertz CT molecular complexity index is 851. The number of nitriles is 1. The zero-order valence-corrected chi connectivity index (χ0v) is 13.9. The van der Waals surface area contributed by atoms with Crippen LogP contribution in [-0.4, -0.2) is 12.7 Å². The molecule has 0 saturated carbocycles. The van der Waals surface area contributed by atoms with E-state index in [1.54, 1.807) is 11.3 Å². The Balaban J connectivity index is 1.50. The van der Waals surface area contributed by atoms with Crippen LogP contribution in [0.4, 0.5) is 5.00 Å². The molecule has 0 radical (unpaired) electrons. The average Bonchev–Trinajstić information content (AvgIpc) is 3.17. The molecule has 1 N–H and O–H groups in total. The molecule has 2 aromatic rings. The van der Waals surface area contributed by atoms with Gasteiger partial charge in [-0.05, 0) is 48.9 Å². The molecule has 5 nitrogen and oxygen atoms in total. The van der Waals surface area contributed by atoms with Crippen LogP contribution < -0.4 is 14.8 Å². The smallest absolute Gasteiger partial charge is 0.231 e. The van der Waals surface area contributed by atoms with Gasteiger partial charge in [-0.2, -0.15) is 5.26 Å². The fraction of sp³-hybridized carbons (Fsp3) is 0.333. The molecule has 1 aromatic heterocycles. The Kier molecular flexibility index (Phi) is 3.87. The minimum absolute atomic E-state index is 0.121. The topological polar surface area (TPSA) is 71.4 Å². The summed E-state index contributed by atoms with van der Waals surface area (Å²) in [6.45, 7) is 0.220. The lowest BCUT2D eigenvalue weighted by Crippen LogP contribution is -2.14. The van der Waals surface area contributed by atoms with Crippen molar-refractivity contribution in [2.45, 2.75) is 32.1 Å². The number of amides is 1. The van der Waals surface area contributed by atoms with Gasteiger partial charge in [-0.15, -0.1) is 11.3 Å². The normalized spacial score (nSPS) is 14.8. The number of benzene rings is 1. The van der Waals surface area contributed by atoms with E-state index >= 15 is 0 Å². The first-order chi connectivity index (χ1) is 11.7. The molecular formula is C18H16N2O3S. The fourth-order valence-electron chi connectivity index (χ4n) is 3.18. The van der Waals surface area contributed by atoms with Crippen molar-refractivity contribution in [1.29, 1.82) is 5.26 Å². The number of anilines is 1. The summed E-state index contributed by atoms with van der Waals surface area (Å²) in [5.74, 6) is 1.26. The molecule has 0 saturated heterocycles. The maximum Gasteiger partial charge on any atom is 0.231 e. The van der Waals surface area contributed by atoms with Crippen molar-refractivity contribution in [2.75, 3.05) is 12.1 Å². The molecule has 1 aromatic carbocycles. The fourth-order valence-corrected chi connectivity index (χ4v) is 4.44. The second-order valence-corrected chi connectivity index (χ2v) is 7.04. The molecule has 4 rings (SSSR count). The highest BCUT2D eigenvalue weighted by molar-refractivity contribution is 7.16. The summed E-state index contributed by atoms with van der Waals surface area (Å²) in [5, 5.41) is 13.1. The summed E-state index contributed by atoms with van der Waals surface area (Å²) in [6.07, 6.45) is 4.45.